The third kappa shape index (κ3) is 6.04. The molecule has 0 aliphatic heterocycles. The number of aliphatic carboxylic acids is 2. The van der Waals surface area contributed by atoms with Gasteiger partial charge in [0.15, 0.2) is 0 Å². The van der Waals surface area contributed by atoms with Crippen molar-refractivity contribution < 1.29 is 24.5 Å². The molecule has 5 nitrogen and oxygen atoms in total. The molecule has 5 heteroatoms. The molecule has 0 fully saturated rings. The number of benzene rings is 1. The molecule has 26 heavy (non-hydrogen) atoms. The lowest BCUT2D eigenvalue weighted by molar-refractivity contribution is -0.140. The molecule has 2 N–H and O–H groups in total. The van der Waals surface area contributed by atoms with Gasteiger partial charge < -0.3 is 14.9 Å². The largest absolute Gasteiger partial charge is 0.491 e. The molecule has 0 amide bonds. The average Bonchev–Trinajstić information content (AvgIpc) is 2.49. The number of ether oxygens (including phenoxy) is 1. The molecule has 1 aromatic carbocycles. The predicted octanol–water partition coefficient (Wildman–Crippen LogP) is 4.90. The van der Waals surface area contributed by atoms with Crippen LogP contribution in [0.5, 0.6) is 5.75 Å². The Labute approximate surface area is 156 Å². The molecule has 2 atom stereocenters. The zero-order chi connectivity index (χ0) is 20.0. The van der Waals surface area contributed by atoms with Gasteiger partial charge in [-0.1, -0.05) is 39.8 Å². The molecule has 0 saturated carbocycles. The van der Waals surface area contributed by atoms with Gasteiger partial charge in [-0.15, -0.1) is 0 Å². The molecule has 0 aliphatic rings. The Hall–Kier alpha value is -2.04. The Morgan fingerprint density at radius 3 is 1.81 bits per heavy atom. The molecule has 0 aliphatic carbocycles. The molecule has 146 valence electrons. The van der Waals surface area contributed by atoms with E-state index in [0.29, 0.717) is 29.7 Å². The number of hydrogen-bond acceptors (Lipinski definition) is 3. The second-order valence-electron chi connectivity index (χ2n) is 7.97. The van der Waals surface area contributed by atoms with Gasteiger partial charge in [-0.3, -0.25) is 9.59 Å². The molecule has 0 aromatic heterocycles. The van der Waals surface area contributed by atoms with Crippen molar-refractivity contribution in [1.29, 1.82) is 0 Å². The van der Waals surface area contributed by atoms with E-state index in [2.05, 4.69) is 0 Å². The van der Waals surface area contributed by atoms with E-state index in [1.165, 1.54) is 0 Å². The molecular weight excluding hydrogens is 332 g/mol. The van der Waals surface area contributed by atoms with Crippen molar-refractivity contribution in [3.05, 3.63) is 29.3 Å². The summed E-state index contributed by atoms with van der Waals surface area (Å²) in [4.78, 5) is 24.0. The maximum atomic E-state index is 12.0. The Balaban J connectivity index is 3.62. The lowest BCUT2D eigenvalue weighted by atomic mass is 9.80. The van der Waals surface area contributed by atoms with E-state index in [4.69, 9.17) is 4.74 Å². The number of carboxylic acids is 2. The number of rotatable bonds is 10. The summed E-state index contributed by atoms with van der Waals surface area (Å²) in [6.07, 6.45) is 0.738. The third-order valence-corrected chi connectivity index (χ3v) is 4.20. The molecule has 0 bridgehead atoms. The molecule has 0 heterocycles. The van der Waals surface area contributed by atoms with Gasteiger partial charge in [0.2, 0.25) is 0 Å². The lowest BCUT2D eigenvalue weighted by Gasteiger charge is -2.26. The van der Waals surface area contributed by atoms with Crippen LogP contribution in [0.4, 0.5) is 0 Å². The molecule has 0 spiro atoms. The van der Waals surface area contributed by atoms with E-state index in [0.717, 1.165) is 0 Å². The van der Waals surface area contributed by atoms with Crippen LogP contribution in [0.25, 0.3) is 0 Å². The van der Waals surface area contributed by atoms with E-state index < -0.39 is 23.8 Å². The van der Waals surface area contributed by atoms with Crippen LogP contribution < -0.4 is 4.74 Å². The highest BCUT2D eigenvalue weighted by Gasteiger charge is 2.33. The van der Waals surface area contributed by atoms with Crippen molar-refractivity contribution in [2.24, 2.45) is 11.8 Å². The van der Waals surface area contributed by atoms with Gasteiger partial charge in [-0.25, -0.2) is 0 Å². The maximum Gasteiger partial charge on any atom is 0.311 e. The summed E-state index contributed by atoms with van der Waals surface area (Å²) in [5, 5.41) is 19.6. The Morgan fingerprint density at radius 2 is 1.38 bits per heavy atom. The lowest BCUT2D eigenvalue weighted by Crippen LogP contribution is -2.22. The van der Waals surface area contributed by atoms with E-state index >= 15 is 0 Å². The molecule has 0 saturated heterocycles. The van der Waals surface area contributed by atoms with Gasteiger partial charge in [0.1, 0.15) is 5.75 Å². The van der Waals surface area contributed by atoms with Gasteiger partial charge in [-0.2, -0.15) is 0 Å². The summed E-state index contributed by atoms with van der Waals surface area (Å²) in [6, 6.07) is 5.23. The van der Waals surface area contributed by atoms with E-state index in [1.54, 1.807) is 18.2 Å². The quantitative estimate of drug-likeness (QED) is 0.617. The number of carbonyl (C=O) groups is 2. The monoisotopic (exact) mass is 364 g/mol. The number of carboxylic acid groups (broad SMARTS) is 2. The highest BCUT2D eigenvalue weighted by molar-refractivity contribution is 5.82. The maximum absolute atomic E-state index is 12.0. The van der Waals surface area contributed by atoms with Crippen LogP contribution in [-0.2, 0) is 9.59 Å². The van der Waals surface area contributed by atoms with Crippen molar-refractivity contribution in [3.63, 3.8) is 0 Å². The Morgan fingerprint density at radius 1 is 0.885 bits per heavy atom. The third-order valence-electron chi connectivity index (χ3n) is 4.20. The molecule has 1 aromatic rings. The summed E-state index contributed by atoms with van der Waals surface area (Å²) >= 11 is 0. The smallest absolute Gasteiger partial charge is 0.311 e. The van der Waals surface area contributed by atoms with Gasteiger partial charge in [0, 0.05) is 5.56 Å². The topological polar surface area (TPSA) is 83.8 Å². The van der Waals surface area contributed by atoms with Gasteiger partial charge in [-0.05, 0) is 50.2 Å². The first-order chi connectivity index (χ1) is 12.0. The van der Waals surface area contributed by atoms with E-state index in [1.807, 2.05) is 41.5 Å². The minimum atomic E-state index is -0.951. The van der Waals surface area contributed by atoms with Crippen LogP contribution in [-0.4, -0.2) is 28.3 Å². The summed E-state index contributed by atoms with van der Waals surface area (Å²) in [5.74, 6) is -2.63. The van der Waals surface area contributed by atoms with Crippen molar-refractivity contribution in [3.8, 4) is 5.75 Å². The summed E-state index contributed by atoms with van der Waals surface area (Å²) < 4.78 is 5.88. The highest BCUT2D eigenvalue weighted by atomic mass is 16.5. The molecular formula is C21H32O5. The second-order valence-corrected chi connectivity index (χ2v) is 7.97. The zero-order valence-electron chi connectivity index (χ0n) is 16.7. The van der Waals surface area contributed by atoms with Gasteiger partial charge in [0.05, 0.1) is 17.9 Å². The molecule has 1 rings (SSSR count). The first kappa shape index (κ1) is 22.0. The van der Waals surface area contributed by atoms with Crippen LogP contribution >= 0.6 is 0 Å². The normalized spacial score (nSPS) is 13.9. The fourth-order valence-electron chi connectivity index (χ4n) is 3.24. The first-order valence-electron chi connectivity index (χ1n) is 9.29. The Kier molecular flexibility index (Phi) is 8.12. The molecule has 2 unspecified atom stereocenters. The highest BCUT2D eigenvalue weighted by Crippen LogP contribution is 2.40. The summed E-state index contributed by atoms with van der Waals surface area (Å²) in [6.45, 7) is 11.6. The van der Waals surface area contributed by atoms with Gasteiger partial charge in [0.25, 0.3) is 0 Å². The number of hydrogen-bond donors (Lipinski definition) is 2. The zero-order valence-corrected chi connectivity index (χ0v) is 16.7. The van der Waals surface area contributed by atoms with Crippen LogP contribution in [0.3, 0.4) is 0 Å². The van der Waals surface area contributed by atoms with Crippen molar-refractivity contribution in [2.45, 2.75) is 72.3 Å². The minimum absolute atomic E-state index is 0.133. The van der Waals surface area contributed by atoms with Crippen molar-refractivity contribution in [2.75, 3.05) is 0 Å². The van der Waals surface area contributed by atoms with Crippen LogP contribution in [0, 0.1) is 11.8 Å². The Bertz CT molecular complexity index is 619. The second kappa shape index (κ2) is 9.60. The average molecular weight is 364 g/mol. The summed E-state index contributed by atoms with van der Waals surface area (Å²) in [7, 11) is 0. The predicted molar refractivity (Wildman–Crippen MR) is 102 cm³/mol. The SMILES string of the molecule is CC(C)CC(C(=O)O)c1cccc(OC(C)C)c1C(CC(C)C)C(=O)O. The van der Waals surface area contributed by atoms with E-state index in [9.17, 15) is 19.8 Å². The molecule has 0 radical (unpaired) electrons. The van der Waals surface area contributed by atoms with Crippen LogP contribution in [0.15, 0.2) is 18.2 Å². The van der Waals surface area contributed by atoms with Gasteiger partial charge >= 0.3 is 11.9 Å². The fourth-order valence-corrected chi connectivity index (χ4v) is 3.24. The first-order valence-corrected chi connectivity index (χ1v) is 9.29. The summed E-state index contributed by atoms with van der Waals surface area (Å²) in [5.41, 5.74) is 1.06. The van der Waals surface area contributed by atoms with Crippen molar-refractivity contribution >= 4 is 11.9 Å². The standard InChI is InChI=1S/C21H32O5/c1-12(2)10-16(20(22)23)15-8-7-9-18(26-14(5)6)19(15)17(21(24)25)11-13(3)4/h7-9,12-14,16-17H,10-11H2,1-6H3,(H,22,23)(H,24,25). The van der Waals surface area contributed by atoms with Crippen molar-refractivity contribution in [1.82, 2.24) is 0 Å². The van der Waals surface area contributed by atoms with Crippen LogP contribution in [0.1, 0.15) is 77.3 Å². The minimum Gasteiger partial charge on any atom is -0.491 e. The van der Waals surface area contributed by atoms with Crippen LogP contribution in [0.2, 0.25) is 0 Å². The fraction of sp³-hybridized carbons (Fsp3) is 0.619. The van der Waals surface area contributed by atoms with E-state index in [-0.39, 0.29) is 17.9 Å².